The number of aromatic nitrogens is 2. The number of rotatable bonds is 3. The molecule has 0 saturated heterocycles. The van der Waals surface area contributed by atoms with Gasteiger partial charge in [-0.2, -0.15) is 0 Å². The Labute approximate surface area is 97.5 Å². The molecule has 1 aromatic heterocycles. The summed E-state index contributed by atoms with van der Waals surface area (Å²) < 4.78 is 6.30. The van der Waals surface area contributed by atoms with Crippen molar-refractivity contribution < 1.29 is 9.20 Å². The van der Waals surface area contributed by atoms with Crippen molar-refractivity contribution in [3.63, 3.8) is 0 Å². The summed E-state index contributed by atoms with van der Waals surface area (Å²) in [5, 5.41) is 19.5. The molecule has 0 N–H and O–H groups in total. The van der Waals surface area contributed by atoms with E-state index in [4.69, 9.17) is 4.52 Å². The minimum atomic E-state index is 0.0923. The molecule has 0 aliphatic carbocycles. The molecule has 86 valence electrons. The first-order chi connectivity index (χ1) is 8.31. The summed E-state index contributed by atoms with van der Waals surface area (Å²) in [5.41, 5.74) is 1.60. The highest BCUT2D eigenvalue weighted by molar-refractivity contribution is 5.69. The van der Waals surface area contributed by atoms with Crippen LogP contribution in [0.1, 0.15) is 11.3 Å². The van der Waals surface area contributed by atoms with E-state index in [-0.39, 0.29) is 5.88 Å². The molecule has 0 saturated carbocycles. The summed E-state index contributed by atoms with van der Waals surface area (Å²) in [6, 6.07) is 9.72. The van der Waals surface area contributed by atoms with Gasteiger partial charge in [-0.3, -0.25) is 4.52 Å². The zero-order chi connectivity index (χ0) is 12.1. The first kappa shape index (κ1) is 11.0. The second kappa shape index (κ2) is 5.02. The van der Waals surface area contributed by atoms with Gasteiger partial charge in [-0.15, -0.1) is 5.11 Å². The smallest absolute Gasteiger partial charge is 0.346 e. The number of hydrogen-bond donors (Lipinski definition) is 0. The molecule has 17 heavy (non-hydrogen) atoms. The van der Waals surface area contributed by atoms with Gasteiger partial charge in [0.25, 0.3) is 0 Å². The highest BCUT2D eigenvalue weighted by atomic mass is 16.5. The van der Waals surface area contributed by atoms with E-state index in [9.17, 15) is 5.21 Å². The molecule has 1 aromatic carbocycles. The van der Waals surface area contributed by atoms with Crippen LogP contribution in [0.3, 0.4) is 0 Å². The summed E-state index contributed by atoms with van der Waals surface area (Å²) >= 11 is 0. The average Bonchev–Trinajstić information content (AvgIpc) is 2.70. The Bertz CT molecular complexity index is 546. The van der Waals surface area contributed by atoms with Crippen molar-refractivity contribution in [3.8, 4) is 0 Å². The zero-order valence-electron chi connectivity index (χ0n) is 9.15. The molecule has 0 fully saturated rings. The molecule has 0 spiro atoms. The molecule has 6 nitrogen and oxygen atoms in total. The Hall–Kier alpha value is -2.50. The zero-order valence-corrected chi connectivity index (χ0v) is 9.15. The molecule has 0 amide bonds. The maximum absolute atomic E-state index is 10.1. The van der Waals surface area contributed by atoms with Gasteiger partial charge < -0.3 is 5.21 Å². The Morgan fingerprint density at radius 3 is 2.76 bits per heavy atom. The van der Waals surface area contributed by atoms with Gasteiger partial charge in [0, 0.05) is 6.08 Å². The average molecular weight is 230 g/mol. The Kier molecular flexibility index (Phi) is 3.25. The fourth-order valence-electron chi connectivity index (χ4n) is 1.35. The van der Waals surface area contributed by atoms with Gasteiger partial charge in [-0.25, -0.2) is 5.28 Å². The van der Waals surface area contributed by atoms with Gasteiger partial charge in [-0.1, -0.05) is 30.3 Å². The van der Waals surface area contributed by atoms with E-state index in [0.717, 1.165) is 5.56 Å². The van der Waals surface area contributed by atoms with E-state index in [2.05, 4.69) is 15.7 Å². The van der Waals surface area contributed by atoms with Gasteiger partial charge in [0.1, 0.15) is 0 Å². The lowest BCUT2D eigenvalue weighted by atomic mass is 10.2. The van der Waals surface area contributed by atoms with Crippen LogP contribution in [0.25, 0.3) is 12.2 Å². The van der Waals surface area contributed by atoms with Crippen LogP contribution >= 0.6 is 0 Å². The largest absolute Gasteiger partial charge is 0.775 e. The fraction of sp³-hybridized carbons (Fsp3) is 0.0909. The second-order valence-corrected chi connectivity index (χ2v) is 3.31. The molecule has 0 aliphatic heterocycles. The van der Waals surface area contributed by atoms with Crippen LogP contribution in [0.4, 0.5) is 5.88 Å². The molecule has 0 unspecified atom stereocenters. The summed E-state index contributed by atoms with van der Waals surface area (Å²) in [6.07, 6.45) is 3.63. The molecule has 1 heterocycles. The van der Waals surface area contributed by atoms with Crippen LogP contribution in [0.2, 0.25) is 0 Å². The normalized spacial score (nSPS) is 11.6. The standard InChI is InChI=1S/C11H10N4O2/c1-15-10(11(12-13-16)17-14-15)8-7-9-5-3-2-4-6-9/h2-8H,1H3/b8-7+. The van der Waals surface area contributed by atoms with Crippen molar-refractivity contribution in [2.75, 3.05) is 0 Å². The third-order valence-corrected chi connectivity index (χ3v) is 2.18. The van der Waals surface area contributed by atoms with E-state index < -0.39 is 0 Å². The maximum Gasteiger partial charge on any atom is 0.346 e. The first-order valence-corrected chi connectivity index (χ1v) is 4.94. The van der Waals surface area contributed by atoms with Gasteiger partial charge >= 0.3 is 11.6 Å². The molecular formula is C11H10N4O2. The van der Waals surface area contributed by atoms with Crippen molar-refractivity contribution in [1.29, 1.82) is 0 Å². The Balaban J connectivity index is 2.30. The summed E-state index contributed by atoms with van der Waals surface area (Å²) in [7, 11) is 1.69. The molecule has 6 heteroatoms. The fourth-order valence-corrected chi connectivity index (χ4v) is 1.35. The van der Waals surface area contributed by atoms with Gasteiger partial charge in [0.05, 0.1) is 0 Å². The van der Waals surface area contributed by atoms with Crippen LogP contribution in [-0.2, 0) is 7.05 Å². The van der Waals surface area contributed by atoms with Gasteiger partial charge in [0.15, 0.2) is 7.05 Å². The van der Waals surface area contributed by atoms with E-state index in [0.29, 0.717) is 5.69 Å². The predicted octanol–water partition coefficient (Wildman–Crippen LogP) is 2.25. The molecule has 0 atom stereocenters. The molecule has 0 aliphatic rings. The lowest BCUT2D eigenvalue weighted by Crippen LogP contribution is -2.32. The van der Waals surface area contributed by atoms with Crippen LogP contribution in [0, 0.1) is 5.21 Å². The SMILES string of the molecule is C[n+]1noc(/N=N/[O-])c1/C=C/c1ccccc1. The molecule has 2 rings (SSSR count). The van der Waals surface area contributed by atoms with E-state index in [1.54, 1.807) is 13.1 Å². The van der Waals surface area contributed by atoms with E-state index in [1.165, 1.54) is 4.68 Å². The van der Waals surface area contributed by atoms with Gasteiger partial charge in [0.2, 0.25) is 5.27 Å². The van der Waals surface area contributed by atoms with Crippen molar-refractivity contribution in [2.24, 2.45) is 17.4 Å². The quantitative estimate of drug-likeness (QED) is 0.461. The molecule has 0 bridgehead atoms. The minimum Gasteiger partial charge on any atom is -0.775 e. The Morgan fingerprint density at radius 1 is 1.29 bits per heavy atom. The van der Waals surface area contributed by atoms with E-state index in [1.807, 2.05) is 36.4 Å². The number of hydrogen-bond acceptors (Lipinski definition) is 5. The number of nitrogens with zero attached hydrogens (tertiary/aromatic N) is 4. The molecule has 0 radical (unpaired) electrons. The highest BCUT2D eigenvalue weighted by Crippen LogP contribution is 2.17. The summed E-state index contributed by atoms with van der Waals surface area (Å²) in [6.45, 7) is 0. The number of benzene rings is 1. The van der Waals surface area contributed by atoms with E-state index >= 15 is 0 Å². The summed E-state index contributed by atoms with van der Waals surface area (Å²) in [5.74, 6) is 0.0923. The second-order valence-electron chi connectivity index (χ2n) is 3.31. The van der Waals surface area contributed by atoms with Crippen LogP contribution in [0.15, 0.2) is 45.2 Å². The van der Waals surface area contributed by atoms with Crippen molar-refractivity contribution in [2.45, 2.75) is 0 Å². The highest BCUT2D eigenvalue weighted by Gasteiger charge is 2.17. The van der Waals surface area contributed by atoms with Crippen molar-refractivity contribution in [1.82, 2.24) is 5.27 Å². The predicted molar refractivity (Wildman–Crippen MR) is 60.9 cm³/mol. The van der Waals surface area contributed by atoms with Crippen LogP contribution < -0.4 is 4.68 Å². The van der Waals surface area contributed by atoms with Gasteiger partial charge in [-0.05, 0) is 16.3 Å². The monoisotopic (exact) mass is 230 g/mol. The Morgan fingerprint density at radius 2 is 2.06 bits per heavy atom. The minimum absolute atomic E-state index is 0.0923. The maximum atomic E-state index is 10.1. The van der Waals surface area contributed by atoms with Crippen molar-refractivity contribution in [3.05, 3.63) is 46.8 Å². The van der Waals surface area contributed by atoms with Crippen molar-refractivity contribution >= 4 is 18.0 Å². The molecule has 2 aromatic rings. The first-order valence-electron chi connectivity index (χ1n) is 4.94. The third kappa shape index (κ3) is 2.54. The van der Waals surface area contributed by atoms with Crippen LogP contribution in [-0.4, -0.2) is 5.27 Å². The lowest BCUT2D eigenvalue weighted by Gasteiger charge is -1.89. The van der Waals surface area contributed by atoms with Crippen LogP contribution in [0.5, 0.6) is 0 Å². The third-order valence-electron chi connectivity index (χ3n) is 2.18. The molecular weight excluding hydrogens is 220 g/mol. The lowest BCUT2D eigenvalue weighted by molar-refractivity contribution is -0.741. The number of aryl methyl sites for hydroxylation is 1. The topological polar surface area (TPSA) is 77.7 Å². The summed E-state index contributed by atoms with van der Waals surface area (Å²) in [4.78, 5) is 0.